The number of aliphatic carboxylic acids is 1. The highest BCUT2D eigenvalue weighted by atomic mass is 16.4. The minimum absolute atomic E-state index is 0.201. The lowest BCUT2D eigenvalue weighted by atomic mass is 10.1. The standard InChI is InChI=1S/C11H20N4O6/c1-5(16)9(15-8(18)4-12)10(19)14-6(11(20)21)2-3-7(13)17/h5-6,9,16H,2-4,12H2,1H3,(H2,13,17)(H,14,19)(H,15,18)(H,20,21). The van der Waals surface area contributed by atoms with Crippen LogP contribution in [0.2, 0.25) is 0 Å². The van der Waals surface area contributed by atoms with Gasteiger partial charge in [0.15, 0.2) is 0 Å². The zero-order valence-corrected chi connectivity index (χ0v) is 11.5. The number of carboxylic acid groups (broad SMARTS) is 1. The van der Waals surface area contributed by atoms with Crippen molar-refractivity contribution in [1.29, 1.82) is 0 Å². The van der Waals surface area contributed by atoms with Crippen molar-refractivity contribution in [2.45, 2.75) is 38.0 Å². The van der Waals surface area contributed by atoms with E-state index in [-0.39, 0.29) is 19.4 Å². The molecule has 10 heteroatoms. The van der Waals surface area contributed by atoms with E-state index in [1.165, 1.54) is 6.92 Å². The zero-order valence-electron chi connectivity index (χ0n) is 11.5. The topological polar surface area (TPSA) is 185 Å². The molecule has 0 fully saturated rings. The third-order valence-electron chi connectivity index (χ3n) is 2.56. The summed E-state index contributed by atoms with van der Waals surface area (Å²) in [5.41, 5.74) is 9.99. The van der Waals surface area contributed by atoms with Gasteiger partial charge in [-0.15, -0.1) is 0 Å². The maximum absolute atomic E-state index is 11.9. The molecule has 0 saturated carbocycles. The Morgan fingerprint density at radius 3 is 2.14 bits per heavy atom. The fourth-order valence-corrected chi connectivity index (χ4v) is 1.44. The number of nitrogens with one attached hydrogen (secondary N) is 2. The van der Waals surface area contributed by atoms with Crippen molar-refractivity contribution in [2.24, 2.45) is 11.5 Å². The summed E-state index contributed by atoms with van der Waals surface area (Å²) in [5.74, 6) is -3.65. The molecule has 3 atom stereocenters. The van der Waals surface area contributed by atoms with Gasteiger partial charge < -0.3 is 32.3 Å². The molecule has 3 unspecified atom stereocenters. The van der Waals surface area contributed by atoms with Crippen LogP contribution in [0.4, 0.5) is 0 Å². The average molecular weight is 304 g/mol. The van der Waals surface area contributed by atoms with E-state index in [1.54, 1.807) is 0 Å². The maximum Gasteiger partial charge on any atom is 0.326 e. The van der Waals surface area contributed by atoms with Crippen LogP contribution >= 0.6 is 0 Å². The molecule has 0 aromatic carbocycles. The third-order valence-corrected chi connectivity index (χ3v) is 2.56. The summed E-state index contributed by atoms with van der Waals surface area (Å²) in [5, 5.41) is 22.7. The number of amides is 3. The van der Waals surface area contributed by atoms with Gasteiger partial charge in [-0.1, -0.05) is 0 Å². The van der Waals surface area contributed by atoms with Gasteiger partial charge in [0.25, 0.3) is 0 Å². The Hall–Kier alpha value is -2.20. The summed E-state index contributed by atoms with van der Waals surface area (Å²) in [7, 11) is 0. The first-order chi connectivity index (χ1) is 9.68. The Morgan fingerprint density at radius 2 is 1.76 bits per heavy atom. The molecule has 10 nitrogen and oxygen atoms in total. The molecule has 120 valence electrons. The van der Waals surface area contributed by atoms with Crippen LogP contribution in [0.5, 0.6) is 0 Å². The lowest BCUT2D eigenvalue weighted by molar-refractivity contribution is -0.143. The number of carboxylic acids is 1. The largest absolute Gasteiger partial charge is 0.480 e. The molecule has 0 spiro atoms. The molecule has 0 saturated heterocycles. The molecule has 0 bridgehead atoms. The van der Waals surface area contributed by atoms with Crippen molar-refractivity contribution in [3.63, 3.8) is 0 Å². The van der Waals surface area contributed by atoms with Crippen LogP contribution in [0, 0.1) is 0 Å². The number of hydrogen-bond acceptors (Lipinski definition) is 6. The molecule has 0 aliphatic rings. The second-order valence-electron chi connectivity index (χ2n) is 4.39. The van der Waals surface area contributed by atoms with Crippen molar-refractivity contribution in [2.75, 3.05) is 6.54 Å². The molecule has 21 heavy (non-hydrogen) atoms. The van der Waals surface area contributed by atoms with E-state index in [4.69, 9.17) is 16.6 Å². The minimum atomic E-state index is -1.36. The molecule has 0 aliphatic heterocycles. The Morgan fingerprint density at radius 1 is 1.19 bits per heavy atom. The predicted molar refractivity (Wildman–Crippen MR) is 70.7 cm³/mol. The van der Waals surface area contributed by atoms with Crippen molar-refractivity contribution >= 4 is 23.7 Å². The van der Waals surface area contributed by atoms with Crippen LogP contribution in [0.3, 0.4) is 0 Å². The summed E-state index contributed by atoms with van der Waals surface area (Å²) >= 11 is 0. The number of aliphatic hydroxyl groups excluding tert-OH is 1. The summed E-state index contributed by atoms with van der Waals surface area (Å²) in [6, 6.07) is -2.71. The summed E-state index contributed by atoms with van der Waals surface area (Å²) in [6.45, 7) is 0.862. The van der Waals surface area contributed by atoms with E-state index in [0.29, 0.717) is 0 Å². The monoisotopic (exact) mass is 304 g/mol. The Kier molecular flexibility index (Phi) is 7.94. The zero-order chi connectivity index (χ0) is 16.6. The van der Waals surface area contributed by atoms with Crippen LogP contribution < -0.4 is 22.1 Å². The van der Waals surface area contributed by atoms with Gasteiger partial charge in [-0.25, -0.2) is 4.79 Å². The van der Waals surface area contributed by atoms with E-state index >= 15 is 0 Å². The quantitative estimate of drug-likeness (QED) is 0.257. The molecule has 0 aromatic rings. The summed E-state index contributed by atoms with van der Waals surface area (Å²) < 4.78 is 0. The van der Waals surface area contributed by atoms with Crippen LogP contribution in [0.15, 0.2) is 0 Å². The van der Waals surface area contributed by atoms with E-state index in [2.05, 4.69) is 10.6 Å². The van der Waals surface area contributed by atoms with Gasteiger partial charge in [-0.3, -0.25) is 14.4 Å². The van der Waals surface area contributed by atoms with Crippen molar-refractivity contribution in [3.8, 4) is 0 Å². The summed E-state index contributed by atoms with van der Waals surface area (Å²) in [6.07, 6.45) is -1.69. The summed E-state index contributed by atoms with van der Waals surface area (Å²) in [4.78, 5) is 44.7. The van der Waals surface area contributed by atoms with E-state index < -0.39 is 41.9 Å². The number of carbonyl (C=O) groups excluding carboxylic acids is 3. The smallest absolute Gasteiger partial charge is 0.326 e. The van der Waals surface area contributed by atoms with Gasteiger partial charge in [0, 0.05) is 6.42 Å². The molecule has 0 rings (SSSR count). The molecule has 8 N–H and O–H groups in total. The molecular weight excluding hydrogens is 284 g/mol. The highest BCUT2D eigenvalue weighted by Crippen LogP contribution is 2.00. The predicted octanol–water partition coefficient (Wildman–Crippen LogP) is -3.35. The molecule has 0 heterocycles. The van der Waals surface area contributed by atoms with Gasteiger partial charge in [0.1, 0.15) is 12.1 Å². The van der Waals surface area contributed by atoms with Crippen molar-refractivity contribution in [3.05, 3.63) is 0 Å². The van der Waals surface area contributed by atoms with Gasteiger partial charge >= 0.3 is 5.97 Å². The van der Waals surface area contributed by atoms with Gasteiger partial charge in [0.05, 0.1) is 12.6 Å². The van der Waals surface area contributed by atoms with Crippen LogP contribution in [-0.4, -0.2) is 58.6 Å². The van der Waals surface area contributed by atoms with Crippen LogP contribution in [-0.2, 0) is 19.2 Å². The molecule has 0 radical (unpaired) electrons. The number of carbonyl (C=O) groups is 4. The molecule has 3 amide bonds. The van der Waals surface area contributed by atoms with Gasteiger partial charge in [-0.2, -0.15) is 0 Å². The Labute approximate surface area is 120 Å². The molecular formula is C11H20N4O6. The lowest BCUT2D eigenvalue weighted by Gasteiger charge is -2.23. The highest BCUT2D eigenvalue weighted by molar-refractivity contribution is 5.91. The first kappa shape index (κ1) is 18.8. The van der Waals surface area contributed by atoms with Crippen LogP contribution in [0.25, 0.3) is 0 Å². The highest BCUT2D eigenvalue weighted by Gasteiger charge is 2.29. The number of primary amides is 1. The average Bonchev–Trinajstić information content (AvgIpc) is 2.38. The normalized spacial score (nSPS) is 14.6. The second-order valence-corrected chi connectivity index (χ2v) is 4.39. The lowest BCUT2D eigenvalue weighted by Crippen LogP contribution is -2.56. The van der Waals surface area contributed by atoms with Gasteiger partial charge in [-0.05, 0) is 13.3 Å². The molecule has 0 aliphatic carbocycles. The minimum Gasteiger partial charge on any atom is -0.480 e. The number of hydrogen-bond donors (Lipinski definition) is 6. The Bertz CT molecular complexity index is 412. The van der Waals surface area contributed by atoms with E-state index in [0.717, 1.165) is 0 Å². The third kappa shape index (κ3) is 7.22. The number of aliphatic hydroxyl groups is 1. The van der Waals surface area contributed by atoms with Crippen molar-refractivity contribution < 1.29 is 29.4 Å². The van der Waals surface area contributed by atoms with Gasteiger partial charge in [0.2, 0.25) is 17.7 Å². The van der Waals surface area contributed by atoms with E-state index in [9.17, 15) is 24.3 Å². The molecule has 0 aromatic heterocycles. The Balaban J connectivity index is 4.79. The van der Waals surface area contributed by atoms with Crippen LogP contribution in [0.1, 0.15) is 19.8 Å². The van der Waals surface area contributed by atoms with Crippen molar-refractivity contribution in [1.82, 2.24) is 10.6 Å². The fraction of sp³-hybridized carbons (Fsp3) is 0.636. The first-order valence-corrected chi connectivity index (χ1v) is 6.18. The number of nitrogens with two attached hydrogens (primary N) is 2. The first-order valence-electron chi connectivity index (χ1n) is 6.18. The maximum atomic E-state index is 11.9. The number of rotatable bonds is 9. The SMILES string of the molecule is CC(O)C(NC(=O)CN)C(=O)NC(CCC(N)=O)C(=O)O. The second kappa shape index (κ2) is 8.87. The fourth-order valence-electron chi connectivity index (χ4n) is 1.44. The van der Waals surface area contributed by atoms with E-state index in [1.807, 2.05) is 0 Å².